The summed E-state index contributed by atoms with van der Waals surface area (Å²) < 4.78 is 0. The molecule has 0 saturated heterocycles. The molecule has 1 aromatic rings. The van der Waals surface area contributed by atoms with Gasteiger partial charge in [-0.1, -0.05) is 13.8 Å². The molecule has 3 nitrogen and oxygen atoms in total. The molecule has 0 atom stereocenters. The van der Waals surface area contributed by atoms with Gasteiger partial charge in [0.2, 0.25) is 0 Å². The van der Waals surface area contributed by atoms with E-state index in [0.717, 1.165) is 29.4 Å². The molecule has 0 unspecified atom stereocenters. The van der Waals surface area contributed by atoms with Crippen LogP contribution in [0.15, 0.2) is 12.1 Å². The third-order valence-electron chi connectivity index (χ3n) is 2.69. The molecular weight excluding hydrogens is 232 g/mol. The fourth-order valence-electron chi connectivity index (χ4n) is 1.52. The maximum atomic E-state index is 9.28. The van der Waals surface area contributed by atoms with Crippen molar-refractivity contribution in [1.29, 1.82) is 0 Å². The molecule has 0 aliphatic heterocycles. The maximum absolute atomic E-state index is 9.28. The second-order valence-electron chi connectivity index (χ2n) is 4.49. The van der Waals surface area contributed by atoms with Crippen LogP contribution < -0.4 is 4.90 Å². The molecule has 0 aliphatic rings. The van der Waals surface area contributed by atoms with Crippen molar-refractivity contribution in [2.75, 3.05) is 30.5 Å². The van der Waals surface area contributed by atoms with E-state index in [1.807, 2.05) is 30.9 Å². The Morgan fingerprint density at radius 1 is 1.41 bits per heavy atom. The van der Waals surface area contributed by atoms with Gasteiger partial charge in [0.15, 0.2) is 0 Å². The Morgan fingerprint density at radius 2 is 2.12 bits per heavy atom. The van der Waals surface area contributed by atoms with Crippen LogP contribution in [0.2, 0.25) is 0 Å². The van der Waals surface area contributed by atoms with Crippen LogP contribution in [0, 0.1) is 0 Å². The molecule has 96 valence electrons. The predicted molar refractivity (Wildman–Crippen MR) is 75.9 cm³/mol. The highest BCUT2D eigenvalue weighted by Crippen LogP contribution is 2.19. The number of nitrogens with zero attached hydrogens (tertiary/aromatic N) is 2. The second-order valence-corrected chi connectivity index (χ2v) is 5.47. The lowest BCUT2D eigenvalue weighted by atomic mass is 10.1. The topological polar surface area (TPSA) is 36.4 Å². The van der Waals surface area contributed by atoms with Gasteiger partial charge >= 0.3 is 0 Å². The molecular formula is C13H22N2OS. The summed E-state index contributed by atoms with van der Waals surface area (Å²) in [6.07, 6.45) is 2.10. The summed E-state index contributed by atoms with van der Waals surface area (Å²) >= 11 is 1.83. The molecule has 0 amide bonds. The molecule has 1 aromatic heterocycles. The van der Waals surface area contributed by atoms with Crippen molar-refractivity contribution in [2.24, 2.45) is 0 Å². The van der Waals surface area contributed by atoms with Crippen LogP contribution in [0.5, 0.6) is 0 Å². The zero-order valence-corrected chi connectivity index (χ0v) is 11.9. The van der Waals surface area contributed by atoms with Crippen LogP contribution in [0.4, 0.5) is 5.82 Å². The van der Waals surface area contributed by atoms with Gasteiger partial charge in [0, 0.05) is 25.0 Å². The standard InChI is InChI=1S/C13H22N2OS/c1-10(2)12-7-11(9-16)8-13(14-12)15(3)5-6-17-4/h7-8,10,16H,5-6,9H2,1-4H3. The van der Waals surface area contributed by atoms with Crippen molar-refractivity contribution >= 4 is 17.6 Å². The molecule has 1 N–H and O–H groups in total. The first kappa shape index (κ1) is 14.3. The number of hydrogen-bond donors (Lipinski definition) is 1. The summed E-state index contributed by atoms with van der Waals surface area (Å²) in [5.41, 5.74) is 1.98. The molecule has 0 fully saturated rings. The van der Waals surface area contributed by atoms with Gasteiger partial charge in [-0.3, -0.25) is 0 Å². The lowest BCUT2D eigenvalue weighted by Crippen LogP contribution is -2.22. The number of aliphatic hydroxyl groups is 1. The molecule has 0 spiro atoms. The zero-order valence-electron chi connectivity index (χ0n) is 11.1. The lowest BCUT2D eigenvalue weighted by molar-refractivity contribution is 0.281. The first-order valence-electron chi connectivity index (χ1n) is 5.90. The van der Waals surface area contributed by atoms with Gasteiger partial charge in [0.25, 0.3) is 0 Å². The van der Waals surface area contributed by atoms with Crippen LogP contribution in [-0.4, -0.2) is 35.7 Å². The van der Waals surface area contributed by atoms with E-state index in [9.17, 15) is 5.11 Å². The third-order valence-corrected chi connectivity index (χ3v) is 3.28. The first-order valence-corrected chi connectivity index (χ1v) is 7.29. The predicted octanol–water partition coefficient (Wildman–Crippen LogP) is 2.50. The summed E-state index contributed by atoms with van der Waals surface area (Å²) in [7, 11) is 2.05. The minimum Gasteiger partial charge on any atom is -0.392 e. The second kappa shape index (κ2) is 6.87. The van der Waals surface area contributed by atoms with E-state index in [1.54, 1.807) is 0 Å². The summed E-state index contributed by atoms with van der Waals surface area (Å²) in [5, 5.41) is 9.28. The normalized spacial score (nSPS) is 10.9. The first-order chi connectivity index (χ1) is 8.08. The van der Waals surface area contributed by atoms with E-state index >= 15 is 0 Å². The average Bonchev–Trinajstić information content (AvgIpc) is 2.35. The number of hydrogen-bond acceptors (Lipinski definition) is 4. The molecule has 0 aliphatic carbocycles. The van der Waals surface area contributed by atoms with E-state index in [4.69, 9.17) is 0 Å². The van der Waals surface area contributed by atoms with E-state index in [0.29, 0.717) is 5.92 Å². The molecule has 0 saturated carbocycles. The average molecular weight is 254 g/mol. The molecule has 0 aromatic carbocycles. The third kappa shape index (κ3) is 4.21. The molecule has 0 bridgehead atoms. The Balaban J connectivity index is 2.93. The van der Waals surface area contributed by atoms with Crippen molar-refractivity contribution in [3.8, 4) is 0 Å². The van der Waals surface area contributed by atoms with Gasteiger partial charge in [0.1, 0.15) is 5.82 Å². The van der Waals surface area contributed by atoms with Crippen LogP contribution in [-0.2, 0) is 6.61 Å². The number of pyridine rings is 1. The lowest BCUT2D eigenvalue weighted by Gasteiger charge is -2.20. The van der Waals surface area contributed by atoms with Crippen LogP contribution in [0.25, 0.3) is 0 Å². The van der Waals surface area contributed by atoms with Crippen LogP contribution in [0.3, 0.4) is 0 Å². The van der Waals surface area contributed by atoms with Gasteiger partial charge in [-0.25, -0.2) is 4.98 Å². The minimum atomic E-state index is 0.0750. The SMILES string of the molecule is CSCCN(C)c1cc(CO)cc(C(C)C)n1. The van der Waals surface area contributed by atoms with Crippen molar-refractivity contribution in [3.05, 3.63) is 23.4 Å². The smallest absolute Gasteiger partial charge is 0.128 e. The quantitative estimate of drug-likeness (QED) is 0.846. The number of thioether (sulfide) groups is 1. The summed E-state index contributed by atoms with van der Waals surface area (Å²) in [6.45, 7) is 5.29. The van der Waals surface area contributed by atoms with Crippen molar-refractivity contribution in [2.45, 2.75) is 26.4 Å². The van der Waals surface area contributed by atoms with Crippen molar-refractivity contribution < 1.29 is 5.11 Å². The Morgan fingerprint density at radius 3 is 2.65 bits per heavy atom. The van der Waals surface area contributed by atoms with E-state index in [-0.39, 0.29) is 6.61 Å². The highest BCUT2D eigenvalue weighted by molar-refractivity contribution is 7.98. The van der Waals surface area contributed by atoms with E-state index < -0.39 is 0 Å². The highest BCUT2D eigenvalue weighted by Gasteiger charge is 2.08. The largest absolute Gasteiger partial charge is 0.392 e. The molecule has 4 heteroatoms. The Kier molecular flexibility index (Phi) is 5.78. The fraction of sp³-hybridized carbons (Fsp3) is 0.615. The number of anilines is 1. The van der Waals surface area contributed by atoms with Gasteiger partial charge < -0.3 is 10.0 Å². The van der Waals surface area contributed by atoms with Crippen molar-refractivity contribution in [3.63, 3.8) is 0 Å². The van der Waals surface area contributed by atoms with Gasteiger partial charge in [-0.15, -0.1) is 0 Å². The number of aliphatic hydroxyl groups excluding tert-OH is 1. The van der Waals surface area contributed by atoms with Gasteiger partial charge in [-0.05, 0) is 29.9 Å². The summed E-state index contributed by atoms with van der Waals surface area (Å²) in [5.74, 6) is 2.42. The molecule has 1 heterocycles. The Hall–Kier alpha value is -0.740. The van der Waals surface area contributed by atoms with Crippen LogP contribution >= 0.6 is 11.8 Å². The Bertz CT molecular complexity index is 355. The number of rotatable bonds is 6. The van der Waals surface area contributed by atoms with Crippen molar-refractivity contribution in [1.82, 2.24) is 4.98 Å². The minimum absolute atomic E-state index is 0.0750. The van der Waals surface area contributed by atoms with Gasteiger partial charge in [-0.2, -0.15) is 11.8 Å². The summed E-state index contributed by atoms with van der Waals surface area (Å²) in [4.78, 5) is 6.78. The maximum Gasteiger partial charge on any atom is 0.128 e. The van der Waals surface area contributed by atoms with E-state index in [1.165, 1.54) is 0 Å². The summed E-state index contributed by atoms with van der Waals surface area (Å²) in [6, 6.07) is 3.95. The highest BCUT2D eigenvalue weighted by atomic mass is 32.2. The van der Waals surface area contributed by atoms with Crippen LogP contribution in [0.1, 0.15) is 31.0 Å². The zero-order chi connectivity index (χ0) is 12.8. The number of aromatic nitrogens is 1. The Labute approximate surface area is 108 Å². The molecule has 17 heavy (non-hydrogen) atoms. The molecule has 0 radical (unpaired) electrons. The molecule has 1 rings (SSSR count). The van der Waals surface area contributed by atoms with E-state index in [2.05, 4.69) is 30.0 Å². The monoisotopic (exact) mass is 254 g/mol. The van der Waals surface area contributed by atoms with Gasteiger partial charge in [0.05, 0.1) is 6.61 Å². The fourth-order valence-corrected chi connectivity index (χ4v) is 1.98.